The number of amides is 2. The number of ether oxygens (including phenoxy) is 2. The van der Waals surface area contributed by atoms with Gasteiger partial charge in [0.2, 0.25) is 0 Å². The number of thioether (sulfide) groups is 1. The summed E-state index contributed by atoms with van der Waals surface area (Å²) in [6.45, 7) is -0.102. The maximum Gasteiger partial charge on any atom is 0.293 e. The molecule has 8 nitrogen and oxygen atoms in total. The number of para-hydroxylation sites is 1. The first-order chi connectivity index (χ1) is 14.8. The van der Waals surface area contributed by atoms with Crippen LogP contribution in [0.5, 0.6) is 11.5 Å². The Labute approximate surface area is 195 Å². The third-order valence-electron chi connectivity index (χ3n) is 4.24. The van der Waals surface area contributed by atoms with Gasteiger partial charge in [-0.15, -0.1) is 6.42 Å². The highest BCUT2D eigenvalue weighted by Gasteiger charge is 2.36. The van der Waals surface area contributed by atoms with Gasteiger partial charge in [0.15, 0.2) is 11.5 Å². The second-order valence-corrected chi connectivity index (χ2v) is 8.34. The summed E-state index contributed by atoms with van der Waals surface area (Å²) in [4.78, 5) is 37.1. The van der Waals surface area contributed by atoms with Crippen LogP contribution < -0.4 is 9.47 Å². The summed E-state index contributed by atoms with van der Waals surface area (Å²) in [7, 11) is 1.48. The van der Waals surface area contributed by atoms with Crippen molar-refractivity contribution in [1.29, 1.82) is 0 Å². The van der Waals surface area contributed by atoms with Crippen LogP contribution in [0.4, 0.5) is 10.5 Å². The molecule has 2 aromatic carbocycles. The van der Waals surface area contributed by atoms with Gasteiger partial charge in [0, 0.05) is 11.6 Å². The predicted molar refractivity (Wildman–Crippen MR) is 125 cm³/mol. The van der Waals surface area contributed by atoms with Crippen LogP contribution in [-0.4, -0.2) is 34.7 Å². The fraction of sp³-hybridized carbons (Fsp3) is 0.143. The number of methoxy groups -OCH3 is 1. The van der Waals surface area contributed by atoms with Crippen molar-refractivity contribution in [1.82, 2.24) is 4.90 Å². The van der Waals surface area contributed by atoms with Crippen molar-refractivity contribution >= 4 is 57.3 Å². The van der Waals surface area contributed by atoms with E-state index >= 15 is 0 Å². The highest BCUT2D eigenvalue weighted by Crippen LogP contribution is 2.38. The summed E-state index contributed by atoms with van der Waals surface area (Å²) in [5, 5.41) is 10.7. The summed E-state index contributed by atoms with van der Waals surface area (Å²) in [6.07, 6.45) is 6.81. The van der Waals surface area contributed by atoms with Crippen molar-refractivity contribution in [3.63, 3.8) is 0 Å². The van der Waals surface area contributed by atoms with E-state index in [0.717, 1.165) is 20.2 Å². The van der Waals surface area contributed by atoms with E-state index in [9.17, 15) is 19.7 Å². The molecule has 158 valence electrons. The summed E-state index contributed by atoms with van der Waals surface area (Å²) >= 11 is 2.84. The molecule has 0 atom stereocenters. The van der Waals surface area contributed by atoms with Gasteiger partial charge in [0.05, 0.1) is 27.1 Å². The molecule has 1 heterocycles. The van der Waals surface area contributed by atoms with Gasteiger partial charge in [-0.3, -0.25) is 24.6 Å². The molecule has 10 heteroatoms. The van der Waals surface area contributed by atoms with Crippen molar-refractivity contribution in [3.05, 3.63) is 66.1 Å². The standard InChI is InChI=1S/C21H15IN2O6S/c1-3-8-30-19-15(22)9-13(10-17(19)29-2)11-18-20(25)23(21(26)31-18)12-14-6-4-5-7-16(14)24(27)28/h1,4-7,9-11H,8,12H2,2H3/b18-11-. The third-order valence-corrected chi connectivity index (χ3v) is 5.95. The third kappa shape index (κ3) is 5.00. The van der Waals surface area contributed by atoms with Gasteiger partial charge in [-0.05, 0) is 58.1 Å². The highest BCUT2D eigenvalue weighted by molar-refractivity contribution is 14.1. The maximum absolute atomic E-state index is 12.8. The van der Waals surface area contributed by atoms with Crippen LogP contribution in [-0.2, 0) is 11.3 Å². The normalized spacial score (nSPS) is 14.6. The Morgan fingerprint density at radius 1 is 1.32 bits per heavy atom. The zero-order valence-electron chi connectivity index (χ0n) is 16.2. The summed E-state index contributed by atoms with van der Waals surface area (Å²) in [5.74, 6) is 2.80. The number of halogens is 1. The number of hydrogen-bond donors (Lipinski definition) is 0. The molecule has 1 aliphatic heterocycles. The van der Waals surface area contributed by atoms with Gasteiger partial charge in [-0.1, -0.05) is 24.1 Å². The van der Waals surface area contributed by atoms with E-state index in [4.69, 9.17) is 15.9 Å². The molecule has 2 aromatic rings. The zero-order valence-corrected chi connectivity index (χ0v) is 19.1. The Kier molecular flexibility index (Phi) is 7.19. The molecule has 1 saturated heterocycles. The minimum atomic E-state index is -0.539. The van der Waals surface area contributed by atoms with E-state index in [-0.39, 0.29) is 29.3 Å². The lowest BCUT2D eigenvalue weighted by atomic mass is 10.1. The van der Waals surface area contributed by atoms with E-state index in [0.29, 0.717) is 17.1 Å². The van der Waals surface area contributed by atoms with Crippen LogP contribution in [0, 0.1) is 26.0 Å². The first kappa shape index (κ1) is 22.6. The number of benzene rings is 2. The van der Waals surface area contributed by atoms with E-state index < -0.39 is 16.1 Å². The van der Waals surface area contributed by atoms with Crippen LogP contribution in [0.15, 0.2) is 41.3 Å². The van der Waals surface area contributed by atoms with E-state index in [1.165, 1.54) is 25.3 Å². The quantitative estimate of drug-likeness (QED) is 0.165. The van der Waals surface area contributed by atoms with Crippen molar-refractivity contribution in [2.24, 2.45) is 0 Å². The Bertz CT molecular complexity index is 1140. The number of rotatable bonds is 7. The molecule has 0 saturated carbocycles. The maximum atomic E-state index is 12.8. The van der Waals surface area contributed by atoms with Crippen molar-refractivity contribution in [2.75, 3.05) is 13.7 Å². The van der Waals surface area contributed by atoms with E-state index in [2.05, 4.69) is 28.5 Å². The first-order valence-electron chi connectivity index (χ1n) is 8.77. The number of carbonyl (C=O) groups is 2. The molecule has 0 radical (unpaired) electrons. The molecule has 3 rings (SSSR count). The number of nitro benzene ring substituents is 1. The fourth-order valence-corrected chi connectivity index (χ4v) is 4.48. The van der Waals surface area contributed by atoms with Crippen molar-refractivity contribution < 1.29 is 24.0 Å². The molecule has 0 N–H and O–H groups in total. The molecule has 1 fully saturated rings. The molecule has 2 amide bonds. The van der Waals surface area contributed by atoms with Gasteiger partial charge in [0.1, 0.15) is 6.61 Å². The highest BCUT2D eigenvalue weighted by atomic mass is 127. The summed E-state index contributed by atoms with van der Waals surface area (Å²) < 4.78 is 11.6. The number of hydrogen-bond acceptors (Lipinski definition) is 7. The average molecular weight is 550 g/mol. The molecule has 0 aromatic heterocycles. The van der Waals surface area contributed by atoms with E-state index in [1.807, 2.05) is 0 Å². The largest absolute Gasteiger partial charge is 0.493 e. The van der Waals surface area contributed by atoms with Crippen LogP contribution in [0.25, 0.3) is 6.08 Å². The van der Waals surface area contributed by atoms with Gasteiger partial charge >= 0.3 is 0 Å². The molecule has 31 heavy (non-hydrogen) atoms. The molecule has 0 aliphatic carbocycles. The fourth-order valence-electron chi connectivity index (χ4n) is 2.86. The topological polar surface area (TPSA) is 99.0 Å². The summed E-state index contributed by atoms with van der Waals surface area (Å²) in [5.41, 5.74) is 0.764. The summed E-state index contributed by atoms with van der Waals surface area (Å²) in [6, 6.07) is 9.45. The monoisotopic (exact) mass is 550 g/mol. The van der Waals surface area contributed by atoms with Gasteiger partial charge in [0.25, 0.3) is 16.8 Å². The zero-order chi connectivity index (χ0) is 22.5. The average Bonchev–Trinajstić information content (AvgIpc) is 3.00. The van der Waals surface area contributed by atoms with Crippen LogP contribution in [0.2, 0.25) is 0 Å². The second kappa shape index (κ2) is 9.84. The Morgan fingerprint density at radius 3 is 2.74 bits per heavy atom. The number of terminal acetylenes is 1. The molecular formula is C21H15IN2O6S. The van der Waals surface area contributed by atoms with Gasteiger partial charge in [-0.25, -0.2) is 0 Å². The molecule has 0 bridgehead atoms. The Hall–Kier alpha value is -3.04. The van der Waals surface area contributed by atoms with Crippen molar-refractivity contribution in [2.45, 2.75) is 6.54 Å². The lowest BCUT2D eigenvalue weighted by molar-refractivity contribution is -0.385. The first-order valence-corrected chi connectivity index (χ1v) is 10.7. The number of imide groups is 1. The molecule has 0 unspecified atom stereocenters. The minimum absolute atomic E-state index is 0.0796. The molecule has 1 aliphatic rings. The lowest BCUT2D eigenvalue weighted by Gasteiger charge is -2.13. The predicted octanol–water partition coefficient (Wildman–Crippen LogP) is 4.46. The Morgan fingerprint density at radius 2 is 2.06 bits per heavy atom. The molecular weight excluding hydrogens is 535 g/mol. The number of nitrogens with zero attached hydrogens (tertiary/aromatic N) is 2. The second-order valence-electron chi connectivity index (χ2n) is 6.18. The van der Waals surface area contributed by atoms with Crippen LogP contribution >= 0.6 is 34.4 Å². The minimum Gasteiger partial charge on any atom is -0.493 e. The number of carbonyl (C=O) groups excluding carboxylic acids is 2. The van der Waals surface area contributed by atoms with Gasteiger partial charge in [-0.2, -0.15) is 0 Å². The van der Waals surface area contributed by atoms with Gasteiger partial charge < -0.3 is 9.47 Å². The van der Waals surface area contributed by atoms with E-state index in [1.54, 1.807) is 24.3 Å². The SMILES string of the molecule is C#CCOc1c(I)cc(/C=C2\SC(=O)N(Cc3ccccc3[N+](=O)[O-])C2=O)cc1OC. The van der Waals surface area contributed by atoms with Crippen LogP contribution in [0.3, 0.4) is 0 Å². The van der Waals surface area contributed by atoms with Crippen LogP contribution in [0.1, 0.15) is 11.1 Å². The lowest BCUT2D eigenvalue weighted by Crippen LogP contribution is -2.27. The smallest absolute Gasteiger partial charge is 0.293 e. The Balaban J connectivity index is 1.88. The van der Waals surface area contributed by atoms with Crippen molar-refractivity contribution in [3.8, 4) is 23.8 Å². The number of nitro groups is 1. The molecule has 0 spiro atoms.